The number of thiazole rings is 1. The van der Waals surface area contributed by atoms with Gasteiger partial charge < -0.3 is 14.9 Å². The van der Waals surface area contributed by atoms with Crippen molar-refractivity contribution >= 4 is 44.8 Å². The Hall–Kier alpha value is -3.91. The van der Waals surface area contributed by atoms with Crippen molar-refractivity contribution in [2.45, 2.75) is 34.1 Å². The molecule has 2 amide bonds. The molecular formula is C27H27N3O4S. The first-order valence-electron chi connectivity index (χ1n) is 11.2. The van der Waals surface area contributed by atoms with E-state index in [2.05, 4.69) is 42.3 Å². The van der Waals surface area contributed by atoms with Crippen molar-refractivity contribution in [1.29, 1.82) is 0 Å². The summed E-state index contributed by atoms with van der Waals surface area (Å²) < 4.78 is 11.8. The summed E-state index contributed by atoms with van der Waals surface area (Å²) >= 11 is 1.24. The smallest absolute Gasteiger partial charge is 0.250 e. The number of nitrogens with two attached hydrogens (primary N) is 1. The maximum absolute atomic E-state index is 12.7. The number of furan rings is 1. The Morgan fingerprint density at radius 1 is 1.20 bits per heavy atom. The van der Waals surface area contributed by atoms with Crippen LogP contribution in [0.15, 0.2) is 52.5 Å². The zero-order valence-corrected chi connectivity index (χ0v) is 20.9. The van der Waals surface area contributed by atoms with Gasteiger partial charge >= 0.3 is 0 Å². The molecule has 3 N–H and O–H groups in total. The highest BCUT2D eigenvalue weighted by atomic mass is 32.1. The zero-order valence-electron chi connectivity index (χ0n) is 20.1. The lowest BCUT2D eigenvalue weighted by Crippen LogP contribution is -2.14. The van der Waals surface area contributed by atoms with Crippen molar-refractivity contribution in [3.63, 3.8) is 0 Å². The van der Waals surface area contributed by atoms with Crippen LogP contribution in [0.4, 0.5) is 5.13 Å². The van der Waals surface area contributed by atoms with E-state index in [4.69, 9.17) is 14.9 Å². The fraction of sp³-hybridized carbons (Fsp3) is 0.222. The van der Waals surface area contributed by atoms with E-state index in [1.54, 1.807) is 11.6 Å². The molecule has 0 radical (unpaired) electrons. The second-order valence-corrected chi connectivity index (χ2v) is 9.21. The number of primary amides is 1. The number of carbonyl (C=O) groups is 2. The van der Waals surface area contributed by atoms with Gasteiger partial charge in [-0.25, -0.2) is 4.98 Å². The molecule has 4 rings (SSSR count). The third-order valence-corrected chi connectivity index (χ3v) is 6.36. The van der Waals surface area contributed by atoms with Gasteiger partial charge in [-0.15, -0.1) is 11.3 Å². The predicted molar refractivity (Wildman–Crippen MR) is 140 cm³/mol. The molecule has 0 bridgehead atoms. The van der Waals surface area contributed by atoms with Gasteiger partial charge in [0.15, 0.2) is 5.13 Å². The second kappa shape index (κ2) is 10.1. The Morgan fingerprint density at radius 2 is 2.00 bits per heavy atom. The molecule has 2 heterocycles. The van der Waals surface area contributed by atoms with Crippen molar-refractivity contribution in [1.82, 2.24) is 4.98 Å². The van der Waals surface area contributed by atoms with E-state index in [1.165, 1.54) is 23.0 Å². The Bertz CT molecular complexity index is 1450. The van der Waals surface area contributed by atoms with Gasteiger partial charge in [-0.2, -0.15) is 0 Å². The van der Waals surface area contributed by atoms with E-state index in [0.717, 1.165) is 33.2 Å². The highest BCUT2D eigenvalue weighted by Crippen LogP contribution is 2.38. The molecule has 0 atom stereocenters. The van der Waals surface area contributed by atoms with Crippen molar-refractivity contribution in [3.05, 3.63) is 70.4 Å². The number of aromatic nitrogens is 1. The van der Waals surface area contributed by atoms with Crippen LogP contribution in [0.5, 0.6) is 5.75 Å². The molecule has 2 aromatic carbocycles. The first kappa shape index (κ1) is 24.2. The van der Waals surface area contributed by atoms with E-state index < -0.39 is 5.91 Å². The Kier molecular flexibility index (Phi) is 7.02. The first-order chi connectivity index (χ1) is 16.7. The molecule has 0 saturated carbocycles. The molecule has 8 heteroatoms. The van der Waals surface area contributed by atoms with Crippen LogP contribution in [0.1, 0.15) is 36.2 Å². The monoisotopic (exact) mass is 489 g/mol. The first-order valence-corrected chi connectivity index (χ1v) is 12.1. The Balaban J connectivity index is 1.68. The van der Waals surface area contributed by atoms with Gasteiger partial charge in [0.2, 0.25) is 11.8 Å². The number of ether oxygens (including phenoxy) is 1. The van der Waals surface area contributed by atoms with Crippen LogP contribution < -0.4 is 15.8 Å². The lowest BCUT2D eigenvalue weighted by molar-refractivity contribution is -0.117. The average Bonchev–Trinajstić information content (AvgIpc) is 3.39. The van der Waals surface area contributed by atoms with Crippen molar-refractivity contribution in [2.24, 2.45) is 5.73 Å². The summed E-state index contributed by atoms with van der Waals surface area (Å²) in [5.74, 6) is -0.157. The topological polar surface area (TPSA) is 107 Å². The third kappa shape index (κ3) is 5.44. The lowest BCUT2D eigenvalue weighted by atomic mass is 9.96. The summed E-state index contributed by atoms with van der Waals surface area (Å²) in [5.41, 5.74) is 12.4. The summed E-state index contributed by atoms with van der Waals surface area (Å²) in [6.07, 6.45) is 3.31. The number of nitrogens with one attached hydrogen (secondary N) is 1. The van der Waals surface area contributed by atoms with Gasteiger partial charge in [-0.1, -0.05) is 23.8 Å². The minimum absolute atomic E-state index is 0.0342. The van der Waals surface area contributed by atoms with E-state index >= 15 is 0 Å². The minimum atomic E-state index is -0.470. The molecule has 0 fully saturated rings. The van der Waals surface area contributed by atoms with Gasteiger partial charge in [0, 0.05) is 34.0 Å². The molecule has 0 spiro atoms. The van der Waals surface area contributed by atoms with Crippen LogP contribution >= 0.6 is 11.3 Å². The van der Waals surface area contributed by atoms with Crippen LogP contribution in [0.3, 0.4) is 0 Å². The average molecular weight is 490 g/mol. The maximum Gasteiger partial charge on any atom is 0.250 e. The van der Waals surface area contributed by atoms with Gasteiger partial charge in [-0.05, 0) is 50.5 Å². The van der Waals surface area contributed by atoms with Crippen LogP contribution in [0.2, 0.25) is 0 Å². The summed E-state index contributed by atoms with van der Waals surface area (Å²) in [7, 11) is 0. The number of aryl methyl sites for hydroxylation is 2. The number of amides is 2. The molecule has 0 saturated heterocycles. The zero-order chi connectivity index (χ0) is 25.1. The molecule has 0 aliphatic heterocycles. The summed E-state index contributed by atoms with van der Waals surface area (Å²) in [4.78, 5) is 28.0. The molecule has 2 aromatic heterocycles. The third-order valence-electron chi connectivity index (χ3n) is 5.56. The van der Waals surface area contributed by atoms with Crippen molar-refractivity contribution in [3.8, 4) is 16.9 Å². The molecule has 4 aromatic rings. The van der Waals surface area contributed by atoms with Crippen LogP contribution in [-0.4, -0.2) is 23.4 Å². The number of nitrogens with zero attached hydrogens (tertiary/aromatic N) is 1. The van der Waals surface area contributed by atoms with E-state index in [9.17, 15) is 9.59 Å². The van der Waals surface area contributed by atoms with Gasteiger partial charge in [0.25, 0.3) is 0 Å². The summed E-state index contributed by atoms with van der Waals surface area (Å²) in [5, 5.41) is 5.80. The number of benzene rings is 2. The highest BCUT2D eigenvalue weighted by Gasteiger charge is 2.17. The second-order valence-electron chi connectivity index (χ2n) is 8.35. The molecule has 35 heavy (non-hydrogen) atoms. The largest absolute Gasteiger partial charge is 0.493 e. The number of fused-ring (bicyclic) bond motifs is 1. The molecule has 7 nitrogen and oxygen atoms in total. The number of rotatable bonds is 8. The molecule has 0 unspecified atom stereocenters. The van der Waals surface area contributed by atoms with Gasteiger partial charge in [-0.3, -0.25) is 14.9 Å². The molecule has 180 valence electrons. The lowest BCUT2D eigenvalue weighted by Gasteiger charge is -2.12. The number of carbonyl (C=O) groups excluding carboxylic acids is 2. The standard InChI is InChI=1S/C27H27N3O4S/c1-5-33-23-12-24-21(22(13-34-24)19-7-6-15(2)8-16(19)3)11-20(23)17(4)9-26(32)30-27-29-18(14-35-27)10-25(28)31/h6-9,11-14H,5,10H2,1-4H3,(H2,28,31)(H,29,30,32)/b17-9+. The van der Waals surface area contributed by atoms with Gasteiger partial charge in [0.05, 0.1) is 25.0 Å². The van der Waals surface area contributed by atoms with E-state index in [1.807, 2.05) is 26.0 Å². The van der Waals surface area contributed by atoms with Crippen molar-refractivity contribution < 1.29 is 18.7 Å². The van der Waals surface area contributed by atoms with Crippen molar-refractivity contribution in [2.75, 3.05) is 11.9 Å². The molecule has 0 aliphatic rings. The molecular weight excluding hydrogens is 462 g/mol. The fourth-order valence-electron chi connectivity index (χ4n) is 4.00. The van der Waals surface area contributed by atoms with Crippen LogP contribution in [0.25, 0.3) is 27.7 Å². The SMILES string of the molecule is CCOc1cc2occ(-c3ccc(C)cc3C)c2cc1/C(C)=C/C(=O)Nc1nc(CC(N)=O)cs1. The minimum Gasteiger partial charge on any atom is -0.493 e. The number of allylic oxidation sites excluding steroid dienone is 1. The number of hydrogen-bond acceptors (Lipinski definition) is 6. The summed E-state index contributed by atoms with van der Waals surface area (Å²) in [6, 6.07) is 10.2. The molecule has 0 aliphatic carbocycles. The Morgan fingerprint density at radius 3 is 2.71 bits per heavy atom. The quantitative estimate of drug-likeness (QED) is 0.311. The normalized spacial score (nSPS) is 11.6. The highest BCUT2D eigenvalue weighted by molar-refractivity contribution is 7.14. The number of hydrogen-bond donors (Lipinski definition) is 2. The van der Waals surface area contributed by atoms with Crippen LogP contribution in [-0.2, 0) is 16.0 Å². The van der Waals surface area contributed by atoms with E-state index in [0.29, 0.717) is 28.8 Å². The number of anilines is 1. The maximum atomic E-state index is 12.7. The fourth-order valence-corrected chi connectivity index (χ4v) is 4.72. The van der Waals surface area contributed by atoms with Crippen LogP contribution in [0, 0.1) is 13.8 Å². The summed E-state index contributed by atoms with van der Waals surface area (Å²) in [6.45, 7) is 8.40. The Labute approximate surface area is 207 Å². The predicted octanol–water partition coefficient (Wildman–Crippen LogP) is 5.64. The van der Waals surface area contributed by atoms with Gasteiger partial charge in [0.1, 0.15) is 11.3 Å². The van der Waals surface area contributed by atoms with E-state index in [-0.39, 0.29) is 12.3 Å².